The van der Waals surface area contributed by atoms with Gasteiger partial charge in [-0.1, -0.05) is 13.8 Å². The standard InChI is InChI=1S/C17H36N4O2.HI/c1-5-22-10-6-7-19-17(18-4)20-14-16(13-15(2)3)21-8-11-23-12-9-21;/h15-16H,5-14H2,1-4H3,(H2,18,19,20);1H. The highest BCUT2D eigenvalue weighted by Gasteiger charge is 2.22. The van der Waals surface area contributed by atoms with E-state index in [4.69, 9.17) is 9.47 Å². The molecule has 0 radical (unpaired) electrons. The van der Waals surface area contributed by atoms with E-state index in [0.29, 0.717) is 12.0 Å². The van der Waals surface area contributed by atoms with Gasteiger partial charge in [-0.25, -0.2) is 0 Å². The average Bonchev–Trinajstić information content (AvgIpc) is 2.56. The van der Waals surface area contributed by atoms with E-state index in [0.717, 1.165) is 65.0 Å². The maximum atomic E-state index is 5.48. The predicted octanol–water partition coefficient (Wildman–Crippen LogP) is 1.94. The summed E-state index contributed by atoms with van der Waals surface area (Å²) in [6, 6.07) is 0.529. The zero-order valence-corrected chi connectivity index (χ0v) is 18.2. The number of nitrogens with one attached hydrogen (secondary N) is 2. The molecule has 0 spiro atoms. The summed E-state index contributed by atoms with van der Waals surface area (Å²) in [5.41, 5.74) is 0. The van der Waals surface area contributed by atoms with Crippen LogP contribution in [-0.4, -0.2) is 76.6 Å². The summed E-state index contributed by atoms with van der Waals surface area (Å²) in [5.74, 6) is 1.56. The summed E-state index contributed by atoms with van der Waals surface area (Å²) in [7, 11) is 1.82. The van der Waals surface area contributed by atoms with E-state index in [1.54, 1.807) is 0 Å². The highest BCUT2D eigenvalue weighted by Crippen LogP contribution is 2.12. The Labute approximate surface area is 165 Å². The third-order valence-electron chi connectivity index (χ3n) is 4.00. The van der Waals surface area contributed by atoms with Gasteiger partial charge in [-0.3, -0.25) is 9.89 Å². The summed E-state index contributed by atoms with van der Waals surface area (Å²) in [6.45, 7) is 13.7. The van der Waals surface area contributed by atoms with E-state index in [1.807, 2.05) is 14.0 Å². The second-order valence-corrected chi connectivity index (χ2v) is 6.36. The van der Waals surface area contributed by atoms with Crippen LogP contribution in [0.4, 0.5) is 0 Å². The molecule has 1 fully saturated rings. The van der Waals surface area contributed by atoms with Gasteiger partial charge in [0.15, 0.2) is 5.96 Å². The molecule has 7 heteroatoms. The van der Waals surface area contributed by atoms with Crippen molar-refractivity contribution < 1.29 is 9.47 Å². The molecule has 24 heavy (non-hydrogen) atoms. The van der Waals surface area contributed by atoms with E-state index in [1.165, 1.54) is 6.42 Å². The van der Waals surface area contributed by atoms with E-state index < -0.39 is 0 Å². The molecule has 6 nitrogen and oxygen atoms in total. The number of halogens is 1. The molecule has 1 heterocycles. The Morgan fingerprint density at radius 2 is 1.96 bits per heavy atom. The predicted molar refractivity (Wildman–Crippen MR) is 112 cm³/mol. The quantitative estimate of drug-likeness (QED) is 0.228. The Balaban J connectivity index is 0.00000529. The fourth-order valence-corrected chi connectivity index (χ4v) is 2.81. The molecule has 144 valence electrons. The average molecular weight is 456 g/mol. The summed E-state index contributed by atoms with van der Waals surface area (Å²) >= 11 is 0. The van der Waals surface area contributed by atoms with Crippen molar-refractivity contribution in [2.24, 2.45) is 10.9 Å². The molecule has 0 amide bonds. The highest BCUT2D eigenvalue weighted by molar-refractivity contribution is 14.0. The molecule has 2 N–H and O–H groups in total. The lowest BCUT2D eigenvalue weighted by atomic mass is 10.0. The van der Waals surface area contributed by atoms with Crippen molar-refractivity contribution in [1.82, 2.24) is 15.5 Å². The summed E-state index contributed by atoms with van der Waals surface area (Å²) in [6.07, 6.45) is 2.18. The van der Waals surface area contributed by atoms with Gasteiger partial charge in [0.2, 0.25) is 0 Å². The van der Waals surface area contributed by atoms with Crippen molar-refractivity contribution >= 4 is 29.9 Å². The molecule has 0 aromatic carbocycles. The van der Waals surface area contributed by atoms with E-state index in [9.17, 15) is 0 Å². The minimum absolute atomic E-state index is 0. The molecule has 1 aliphatic heterocycles. The van der Waals surface area contributed by atoms with Crippen LogP contribution in [0.25, 0.3) is 0 Å². The smallest absolute Gasteiger partial charge is 0.191 e. The van der Waals surface area contributed by atoms with Gasteiger partial charge in [-0.05, 0) is 25.7 Å². The first-order valence-electron chi connectivity index (χ1n) is 9.01. The van der Waals surface area contributed by atoms with Gasteiger partial charge < -0.3 is 20.1 Å². The van der Waals surface area contributed by atoms with Gasteiger partial charge in [0.05, 0.1) is 13.2 Å². The highest BCUT2D eigenvalue weighted by atomic mass is 127. The van der Waals surface area contributed by atoms with E-state index in [2.05, 4.69) is 34.4 Å². The van der Waals surface area contributed by atoms with Crippen molar-refractivity contribution in [2.45, 2.75) is 39.7 Å². The number of morpholine rings is 1. The number of guanidine groups is 1. The van der Waals surface area contributed by atoms with Gasteiger partial charge in [0.25, 0.3) is 0 Å². The third-order valence-corrected chi connectivity index (χ3v) is 4.00. The molecule has 0 aliphatic carbocycles. The fourth-order valence-electron chi connectivity index (χ4n) is 2.81. The number of aliphatic imine (C=N–C) groups is 1. The van der Waals surface area contributed by atoms with Gasteiger partial charge in [0, 0.05) is 52.5 Å². The second kappa shape index (κ2) is 15.2. The van der Waals surface area contributed by atoms with Crippen LogP contribution >= 0.6 is 24.0 Å². The molecular weight excluding hydrogens is 419 g/mol. The Kier molecular flexibility index (Phi) is 15.1. The summed E-state index contributed by atoms with van der Waals surface area (Å²) < 4.78 is 10.8. The van der Waals surface area contributed by atoms with E-state index in [-0.39, 0.29) is 24.0 Å². The maximum Gasteiger partial charge on any atom is 0.191 e. The number of hydrogen-bond acceptors (Lipinski definition) is 4. The molecule has 0 saturated carbocycles. The normalized spacial score (nSPS) is 17.5. The number of hydrogen-bond donors (Lipinski definition) is 2. The first-order valence-corrected chi connectivity index (χ1v) is 9.01. The van der Waals surface area contributed by atoms with Crippen molar-refractivity contribution in [3.05, 3.63) is 0 Å². The lowest BCUT2D eigenvalue weighted by Crippen LogP contribution is -2.51. The van der Waals surface area contributed by atoms with Crippen LogP contribution in [0, 0.1) is 5.92 Å². The molecular formula is C17H37IN4O2. The zero-order chi connectivity index (χ0) is 16.9. The largest absolute Gasteiger partial charge is 0.382 e. The molecule has 0 aromatic heterocycles. The minimum atomic E-state index is 0. The Morgan fingerprint density at radius 3 is 2.54 bits per heavy atom. The topological polar surface area (TPSA) is 58.1 Å². The first-order chi connectivity index (χ1) is 11.2. The molecule has 1 saturated heterocycles. The van der Waals surface area contributed by atoms with Crippen LogP contribution in [0.2, 0.25) is 0 Å². The molecule has 1 aliphatic rings. The molecule has 1 rings (SSSR count). The van der Waals surface area contributed by atoms with Gasteiger partial charge >= 0.3 is 0 Å². The maximum absolute atomic E-state index is 5.48. The lowest BCUT2D eigenvalue weighted by molar-refractivity contribution is 0.0132. The van der Waals surface area contributed by atoms with Crippen LogP contribution in [0.5, 0.6) is 0 Å². The molecule has 0 aromatic rings. The minimum Gasteiger partial charge on any atom is -0.382 e. The lowest BCUT2D eigenvalue weighted by Gasteiger charge is -2.35. The fraction of sp³-hybridized carbons (Fsp3) is 0.941. The summed E-state index contributed by atoms with van der Waals surface area (Å²) in [4.78, 5) is 6.85. The molecule has 0 bridgehead atoms. The van der Waals surface area contributed by atoms with Gasteiger partial charge in [-0.15, -0.1) is 24.0 Å². The first kappa shape index (κ1) is 23.9. The van der Waals surface area contributed by atoms with Gasteiger partial charge in [-0.2, -0.15) is 0 Å². The molecule has 1 unspecified atom stereocenters. The van der Waals surface area contributed by atoms with Crippen LogP contribution in [0.3, 0.4) is 0 Å². The van der Waals surface area contributed by atoms with Crippen molar-refractivity contribution in [2.75, 3.05) is 59.7 Å². The monoisotopic (exact) mass is 456 g/mol. The van der Waals surface area contributed by atoms with Crippen LogP contribution < -0.4 is 10.6 Å². The van der Waals surface area contributed by atoms with Crippen molar-refractivity contribution in [1.29, 1.82) is 0 Å². The number of rotatable bonds is 10. The summed E-state index contributed by atoms with van der Waals surface area (Å²) in [5, 5.41) is 6.83. The Bertz CT molecular complexity index is 324. The second-order valence-electron chi connectivity index (χ2n) is 6.36. The molecule has 1 atom stereocenters. The van der Waals surface area contributed by atoms with Crippen LogP contribution in [0.1, 0.15) is 33.6 Å². The van der Waals surface area contributed by atoms with Crippen LogP contribution in [-0.2, 0) is 9.47 Å². The Hall–Kier alpha value is -0.120. The zero-order valence-electron chi connectivity index (χ0n) is 15.8. The van der Waals surface area contributed by atoms with Crippen molar-refractivity contribution in [3.8, 4) is 0 Å². The SMILES string of the molecule is CCOCCCNC(=NC)NCC(CC(C)C)N1CCOCC1.I. The van der Waals surface area contributed by atoms with Crippen molar-refractivity contribution in [3.63, 3.8) is 0 Å². The number of nitrogens with zero attached hydrogens (tertiary/aromatic N) is 2. The Morgan fingerprint density at radius 1 is 1.25 bits per heavy atom. The van der Waals surface area contributed by atoms with E-state index >= 15 is 0 Å². The van der Waals surface area contributed by atoms with Crippen LogP contribution in [0.15, 0.2) is 4.99 Å². The third kappa shape index (κ3) is 10.7. The number of ether oxygens (including phenoxy) is 2. The van der Waals surface area contributed by atoms with Gasteiger partial charge in [0.1, 0.15) is 0 Å².